The van der Waals surface area contributed by atoms with Gasteiger partial charge in [-0.1, -0.05) is 35.9 Å². The van der Waals surface area contributed by atoms with Crippen LogP contribution in [0.25, 0.3) is 0 Å². The molecule has 31 heavy (non-hydrogen) atoms. The van der Waals surface area contributed by atoms with Gasteiger partial charge < -0.3 is 10.1 Å². The third-order valence-electron chi connectivity index (χ3n) is 5.16. The van der Waals surface area contributed by atoms with Gasteiger partial charge >= 0.3 is 0 Å². The average Bonchev–Trinajstić information content (AvgIpc) is 2.79. The van der Waals surface area contributed by atoms with E-state index in [0.29, 0.717) is 28.7 Å². The second-order valence-electron chi connectivity index (χ2n) is 7.14. The van der Waals surface area contributed by atoms with Gasteiger partial charge in [-0.3, -0.25) is 9.10 Å². The summed E-state index contributed by atoms with van der Waals surface area (Å²) in [7, 11) is -2.30. The normalized spacial score (nSPS) is 13.4. The van der Waals surface area contributed by atoms with Crippen molar-refractivity contribution in [2.24, 2.45) is 0 Å². The zero-order valence-corrected chi connectivity index (χ0v) is 18.4. The molecule has 0 aliphatic carbocycles. The lowest BCUT2D eigenvalue weighted by atomic mass is 10.0. The Bertz CT molecular complexity index is 1240. The lowest BCUT2D eigenvalue weighted by Crippen LogP contribution is -2.35. The molecule has 4 rings (SSSR count). The van der Waals surface area contributed by atoms with Gasteiger partial charge in [-0.15, -0.1) is 0 Å². The highest BCUT2D eigenvalue weighted by atomic mass is 35.5. The smallest absolute Gasteiger partial charge is 0.264 e. The van der Waals surface area contributed by atoms with Crippen molar-refractivity contribution >= 4 is 38.9 Å². The first-order valence-corrected chi connectivity index (χ1v) is 11.6. The summed E-state index contributed by atoms with van der Waals surface area (Å²) in [6.45, 7) is 0.403. The minimum atomic E-state index is -3.80. The summed E-state index contributed by atoms with van der Waals surface area (Å²) >= 11 is 6.11. The lowest BCUT2D eigenvalue weighted by Gasteiger charge is -2.30. The van der Waals surface area contributed by atoms with Gasteiger partial charge in [0.05, 0.1) is 22.7 Å². The molecule has 0 spiro atoms. The number of aryl methyl sites for hydroxylation is 1. The molecule has 0 atom stereocenters. The highest BCUT2D eigenvalue weighted by molar-refractivity contribution is 7.92. The molecule has 1 N–H and O–H groups in total. The van der Waals surface area contributed by atoms with Crippen LogP contribution in [0.5, 0.6) is 5.75 Å². The molecule has 160 valence electrons. The van der Waals surface area contributed by atoms with E-state index in [-0.39, 0.29) is 10.5 Å². The number of carbonyl (C=O) groups excluding carboxylic acids is 1. The molecule has 1 aliphatic rings. The number of anilines is 2. The molecule has 6 nitrogen and oxygen atoms in total. The first kappa shape index (κ1) is 21.2. The van der Waals surface area contributed by atoms with E-state index < -0.39 is 15.9 Å². The number of benzene rings is 3. The molecule has 0 aromatic heterocycles. The number of nitrogens with zero attached hydrogens (tertiary/aromatic N) is 1. The number of hydrogen-bond donors (Lipinski definition) is 1. The molecule has 0 saturated carbocycles. The van der Waals surface area contributed by atoms with E-state index in [0.717, 1.165) is 18.4 Å². The number of carbonyl (C=O) groups is 1. The van der Waals surface area contributed by atoms with E-state index in [1.807, 2.05) is 24.3 Å². The fraction of sp³-hybridized carbons (Fsp3) is 0.174. The van der Waals surface area contributed by atoms with Crippen LogP contribution in [0.2, 0.25) is 5.02 Å². The number of methoxy groups -OCH3 is 1. The van der Waals surface area contributed by atoms with E-state index >= 15 is 0 Å². The summed E-state index contributed by atoms with van der Waals surface area (Å²) in [5.41, 5.74) is 2.41. The first-order valence-electron chi connectivity index (χ1n) is 9.76. The number of hydrogen-bond acceptors (Lipinski definition) is 4. The van der Waals surface area contributed by atoms with E-state index in [1.54, 1.807) is 30.3 Å². The van der Waals surface area contributed by atoms with Gasteiger partial charge in [0, 0.05) is 17.8 Å². The zero-order valence-electron chi connectivity index (χ0n) is 16.8. The maximum absolute atomic E-state index is 13.4. The van der Waals surface area contributed by atoms with Crippen molar-refractivity contribution in [3.05, 3.63) is 82.9 Å². The number of ether oxygens (including phenoxy) is 1. The number of halogens is 1. The van der Waals surface area contributed by atoms with Gasteiger partial charge in [-0.2, -0.15) is 0 Å². The molecular formula is C23H21ClN2O4S. The Morgan fingerprint density at radius 1 is 1.06 bits per heavy atom. The maximum atomic E-state index is 13.4. The molecule has 0 unspecified atom stereocenters. The van der Waals surface area contributed by atoms with Crippen molar-refractivity contribution in [3.63, 3.8) is 0 Å². The minimum absolute atomic E-state index is 0.0737. The molecule has 1 amide bonds. The van der Waals surface area contributed by atoms with Crippen LogP contribution in [0.1, 0.15) is 22.3 Å². The Hall–Kier alpha value is -3.03. The van der Waals surface area contributed by atoms with Crippen LogP contribution < -0.4 is 14.4 Å². The van der Waals surface area contributed by atoms with Crippen molar-refractivity contribution < 1.29 is 17.9 Å². The van der Waals surface area contributed by atoms with Crippen LogP contribution in [0.3, 0.4) is 0 Å². The SMILES string of the molecule is COc1ccc(NC(=O)c2cccc(S(=O)(=O)N3CCCc4ccccc43)c2)cc1Cl. The predicted molar refractivity (Wildman–Crippen MR) is 122 cm³/mol. The van der Waals surface area contributed by atoms with Crippen molar-refractivity contribution in [1.82, 2.24) is 0 Å². The molecule has 0 bridgehead atoms. The third-order valence-corrected chi connectivity index (χ3v) is 7.27. The Morgan fingerprint density at radius 2 is 1.87 bits per heavy atom. The molecular weight excluding hydrogens is 436 g/mol. The van der Waals surface area contributed by atoms with Crippen LogP contribution >= 0.6 is 11.6 Å². The lowest BCUT2D eigenvalue weighted by molar-refractivity contribution is 0.102. The van der Waals surface area contributed by atoms with Crippen LogP contribution in [0.4, 0.5) is 11.4 Å². The van der Waals surface area contributed by atoms with E-state index in [9.17, 15) is 13.2 Å². The molecule has 3 aromatic rings. The Balaban J connectivity index is 1.61. The van der Waals surface area contributed by atoms with Gasteiger partial charge in [0.1, 0.15) is 5.75 Å². The number of rotatable bonds is 5. The Labute approximate surface area is 186 Å². The largest absolute Gasteiger partial charge is 0.495 e. The summed E-state index contributed by atoms with van der Waals surface area (Å²) in [4.78, 5) is 12.8. The van der Waals surface area contributed by atoms with Crippen molar-refractivity contribution in [1.29, 1.82) is 0 Å². The van der Waals surface area contributed by atoms with Crippen molar-refractivity contribution in [3.8, 4) is 5.75 Å². The molecule has 3 aromatic carbocycles. The van der Waals surface area contributed by atoms with Gasteiger partial charge in [0.2, 0.25) is 0 Å². The van der Waals surface area contributed by atoms with Crippen LogP contribution in [0, 0.1) is 0 Å². The summed E-state index contributed by atoms with van der Waals surface area (Å²) in [6, 6.07) is 18.4. The van der Waals surface area contributed by atoms with Gasteiger partial charge in [0.15, 0.2) is 0 Å². The molecule has 8 heteroatoms. The summed E-state index contributed by atoms with van der Waals surface area (Å²) in [6.07, 6.45) is 1.59. The summed E-state index contributed by atoms with van der Waals surface area (Å²) in [5.74, 6) is 0.0619. The Morgan fingerprint density at radius 3 is 2.65 bits per heavy atom. The average molecular weight is 457 g/mol. The predicted octanol–water partition coefficient (Wildman–Crippen LogP) is 4.74. The van der Waals surface area contributed by atoms with Gasteiger partial charge in [-0.05, 0) is 60.9 Å². The van der Waals surface area contributed by atoms with Crippen LogP contribution in [-0.4, -0.2) is 28.0 Å². The third kappa shape index (κ3) is 4.24. The van der Waals surface area contributed by atoms with E-state index in [2.05, 4.69) is 5.32 Å². The van der Waals surface area contributed by atoms with Gasteiger partial charge in [-0.25, -0.2) is 8.42 Å². The number of sulfonamides is 1. The fourth-order valence-corrected chi connectivity index (χ4v) is 5.47. The minimum Gasteiger partial charge on any atom is -0.495 e. The van der Waals surface area contributed by atoms with Crippen molar-refractivity contribution in [2.45, 2.75) is 17.7 Å². The second kappa shape index (κ2) is 8.61. The Kier molecular flexibility index (Phi) is 5.89. The topological polar surface area (TPSA) is 75.7 Å². The van der Waals surface area contributed by atoms with Crippen molar-refractivity contribution in [2.75, 3.05) is 23.3 Å². The molecule has 0 fully saturated rings. The first-order chi connectivity index (χ1) is 14.9. The molecule has 1 aliphatic heterocycles. The monoisotopic (exact) mass is 456 g/mol. The summed E-state index contributed by atoms with van der Waals surface area (Å²) in [5, 5.41) is 3.10. The quantitative estimate of drug-likeness (QED) is 0.601. The molecule has 0 saturated heterocycles. The van der Waals surface area contributed by atoms with Crippen LogP contribution in [0.15, 0.2) is 71.6 Å². The zero-order chi connectivity index (χ0) is 22.0. The number of amides is 1. The summed E-state index contributed by atoms with van der Waals surface area (Å²) < 4.78 is 33.3. The number of para-hydroxylation sites is 1. The number of fused-ring (bicyclic) bond motifs is 1. The van der Waals surface area contributed by atoms with Crippen LogP contribution in [-0.2, 0) is 16.4 Å². The van der Waals surface area contributed by atoms with Gasteiger partial charge in [0.25, 0.3) is 15.9 Å². The second-order valence-corrected chi connectivity index (χ2v) is 9.41. The molecule has 1 heterocycles. The van der Waals surface area contributed by atoms with E-state index in [4.69, 9.17) is 16.3 Å². The maximum Gasteiger partial charge on any atom is 0.264 e. The standard InChI is InChI=1S/C23H21ClN2O4S/c1-30-22-12-11-18(15-20(22)24)25-23(27)17-7-4-9-19(14-17)31(28,29)26-13-5-8-16-6-2-3-10-21(16)26/h2-4,6-7,9-12,14-15H,5,8,13H2,1H3,(H,25,27). The molecule has 0 radical (unpaired) electrons. The highest BCUT2D eigenvalue weighted by Gasteiger charge is 2.29. The number of nitrogens with one attached hydrogen (secondary N) is 1. The fourth-order valence-electron chi connectivity index (χ4n) is 3.62. The van der Waals surface area contributed by atoms with E-state index in [1.165, 1.54) is 23.5 Å². The highest BCUT2D eigenvalue weighted by Crippen LogP contribution is 2.32.